The number of para-hydroxylation sites is 1. The summed E-state index contributed by atoms with van der Waals surface area (Å²) >= 11 is 0. The summed E-state index contributed by atoms with van der Waals surface area (Å²) in [6.07, 6.45) is 0. The summed E-state index contributed by atoms with van der Waals surface area (Å²) in [7, 11) is 3.73. The zero-order valence-electron chi connectivity index (χ0n) is 11.4. The molecule has 0 fully saturated rings. The zero-order valence-corrected chi connectivity index (χ0v) is 11.4. The standard InChI is InChI=1S/C15H16FN3O/c1-19(2)14-8-7-10(9-12(14)17)15(20)18-13-6-4-3-5-11(13)16/h3-9H,17H2,1-2H3,(H,18,20). The minimum Gasteiger partial charge on any atom is -0.397 e. The zero-order chi connectivity index (χ0) is 14.7. The van der Waals surface area contributed by atoms with E-state index in [1.165, 1.54) is 12.1 Å². The van der Waals surface area contributed by atoms with Gasteiger partial charge in [0.1, 0.15) is 5.82 Å². The van der Waals surface area contributed by atoms with Crippen molar-refractivity contribution in [1.82, 2.24) is 0 Å². The number of carbonyl (C=O) groups is 1. The predicted octanol–water partition coefficient (Wildman–Crippen LogP) is 2.73. The molecular weight excluding hydrogens is 257 g/mol. The fourth-order valence-electron chi connectivity index (χ4n) is 1.86. The molecule has 2 aromatic carbocycles. The third-order valence-electron chi connectivity index (χ3n) is 2.89. The lowest BCUT2D eigenvalue weighted by Gasteiger charge is -2.16. The summed E-state index contributed by atoms with van der Waals surface area (Å²) in [5.74, 6) is -0.870. The molecule has 20 heavy (non-hydrogen) atoms. The number of anilines is 3. The van der Waals surface area contributed by atoms with Crippen LogP contribution < -0.4 is 16.0 Å². The number of amides is 1. The Bertz CT molecular complexity index is 641. The number of nitrogens with one attached hydrogen (secondary N) is 1. The van der Waals surface area contributed by atoms with Gasteiger partial charge in [0.05, 0.1) is 17.1 Å². The molecule has 0 aliphatic rings. The molecule has 0 aromatic heterocycles. The molecule has 4 nitrogen and oxygen atoms in total. The van der Waals surface area contributed by atoms with Crippen molar-refractivity contribution >= 4 is 23.0 Å². The highest BCUT2D eigenvalue weighted by atomic mass is 19.1. The van der Waals surface area contributed by atoms with Crippen molar-refractivity contribution in [2.45, 2.75) is 0 Å². The number of rotatable bonds is 3. The van der Waals surface area contributed by atoms with Crippen LogP contribution in [-0.2, 0) is 0 Å². The first-order chi connectivity index (χ1) is 9.49. The monoisotopic (exact) mass is 273 g/mol. The first-order valence-electron chi connectivity index (χ1n) is 6.12. The molecule has 0 bridgehead atoms. The molecule has 0 radical (unpaired) electrons. The Labute approximate surface area is 117 Å². The molecule has 0 spiro atoms. The minimum atomic E-state index is -0.473. The van der Waals surface area contributed by atoms with Gasteiger partial charge < -0.3 is 16.0 Å². The SMILES string of the molecule is CN(C)c1ccc(C(=O)Nc2ccccc2F)cc1N. The second-order valence-electron chi connectivity index (χ2n) is 4.60. The van der Waals surface area contributed by atoms with Crippen LogP contribution in [0.3, 0.4) is 0 Å². The lowest BCUT2D eigenvalue weighted by Crippen LogP contribution is -2.15. The Balaban J connectivity index is 2.22. The molecule has 104 valence electrons. The highest BCUT2D eigenvalue weighted by molar-refractivity contribution is 6.05. The Hall–Kier alpha value is -2.56. The van der Waals surface area contributed by atoms with Crippen LogP contribution in [0.4, 0.5) is 21.5 Å². The third-order valence-corrected chi connectivity index (χ3v) is 2.89. The Kier molecular flexibility index (Phi) is 3.89. The minimum absolute atomic E-state index is 0.146. The average Bonchev–Trinajstić information content (AvgIpc) is 2.40. The van der Waals surface area contributed by atoms with Crippen LogP contribution in [0.15, 0.2) is 42.5 Å². The summed E-state index contributed by atoms with van der Waals surface area (Å²) < 4.78 is 13.5. The van der Waals surface area contributed by atoms with Gasteiger partial charge >= 0.3 is 0 Å². The Morgan fingerprint density at radius 2 is 1.90 bits per heavy atom. The van der Waals surface area contributed by atoms with E-state index in [-0.39, 0.29) is 5.69 Å². The maximum Gasteiger partial charge on any atom is 0.255 e. The number of hydrogen-bond acceptors (Lipinski definition) is 3. The first-order valence-corrected chi connectivity index (χ1v) is 6.12. The second-order valence-corrected chi connectivity index (χ2v) is 4.60. The van der Waals surface area contributed by atoms with Gasteiger partial charge in [0.2, 0.25) is 0 Å². The van der Waals surface area contributed by atoms with E-state index >= 15 is 0 Å². The molecule has 0 atom stereocenters. The van der Waals surface area contributed by atoms with E-state index in [1.54, 1.807) is 30.3 Å². The van der Waals surface area contributed by atoms with Gasteiger partial charge in [-0.1, -0.05) is 12.1 Å². The van der Waals surface area contributed by atoms with Crippen molar-refractivity contribution in [1.29, 1.82) is 0 Å². The molecule has 3 N–H and O–H groups in total. The van der Waals surface area contributed by atoms with E-state index in [9.17, 15) is 9.18 Å². The topological polar surface area (TPSA) is 58.4 Å². The van der Waals surface area contributed by atoms with Gasteiger partial charge in [0.15, 0.2) is 0 Å². The van der Waals surface area contributed by atoms with Crippen LogP contribution in [-0.4, -0.2) is 20.0 Å². The Morgan fingerprint density at radius 1 is 1.20 bits per heavy atom. The lowest BCUT2D eigenvalue weighted by molar-refractivity contribution is 0.102. The van der Waals surface area contributed by atoms with Crippen molar-refractivity contribution < 1.29 is 9.18 Å². The third kappa shape index (κ3) is 2.88. The van der Waals surface area contributed by atoms with E-state index in [0.29, 0.717) is 11.3 Å². The van der Waals surface area contributed by atoms with Gasteiger partial charge in [0, 0.05) is 19.7 Å². The summed E-state index contributed by atoms with van der Waals surface area (Å²) in [6.45, 7) is 0. The smallest absolute Gasteiger partial charge is 0.255 e. The number of nitrogens with zero attached hydrogens (tertiary/aromatic N) is 1. The summed E-state index contributed by atoms with van der Waals surface area (Å²) in [5.41, 5.74) is 7.74. The van der Waals surface area contributed by atoms with Crippen LogP contribution in [0.5, 0.6) is 0 Å². The summed E-state index contributed by atoms with van der Waals surface area (Å²) in [4.78, 5) is 13.9. The maximum atomic E-state index is 13.5. The number of benzene rings is 2. The van der Waals surface area contributed by atoms with E-state index < -0.39 is 11.7 Å². The molecular formula is C15H16FN3O. The summed E-state index contributed by atoms with van der Waals surface area (Å²) in [6, 6.07) is 11.0. The van der Waals surface area contributed by atoms with Crippen molar-refractivity contribution in [2.24, 2.45) is 0 Å². The quantitative estimate of drug-likeness (QED) is 0.845. The highest BCUT2D eigenvalue weighted by Gasteiger charge is 2.11. The largest absolute Gasteiger partial charge is 0.397 e. The van der Waals surface area contributed by atoms with Crippen molar-refractivity contribution in [3.05, 3.63) is 53.8 Å². The van der Waals surface area contributed by atoms with E-state index in [2.05, 4.69) is 5.32 Å². The maximum absolute atomic E-state index is 13.5. The highest BCUT2D eigenvalue weighted by Crippen LogP contribution is 2.23. The normalized spacial score (nSPS) is 10.2. The van der Waals surface area contributed by atoms with Gasteiger partial charge in [-0.05, 0) is 30.3 Å². The number of halogens is 1. The second kappa shape index (κ2) is 5.61. The molecule has 1 amide bonds. The van der Waals surface area contributed by atoms with Gasteiger partial charge in [-0.15, -0.1) is 0 Å². The van der Waals surface area contributed by atoms with E-state index in [0.717, 1.165) is 5.69 Å². The van der Waals surface area contributed by atoms with Crippen molar-refractivity contribution in [2.75, 3.05) is 30.0 Å². The average molecular weight is 273 g/mol. The molecule has 0 aliphatic carbocycles. The molecule has 0 saturated carbocycles. The molecule has 0 unspecified atom stereocenters. The van der Waals surface area contributed by atoms with Crippen LogP contribution in [0.2, 0.25) is 0 Å². The molecule has 0 heterocycles. The van der Waals surface area contributed by atoms with Crippen LogP contribution >= 0.6 is 0 Å². The lowest BCUT2D eigenvalue weighted by atomic mass is 10.1. The van der Waals surface area contributed by atoms with Gasteiger partial charge in [-0.2, -0.15) is 0 Å². The predicted molar refractivity (Wildman–Crippen MR) is 79.5 cm³/mol. The van der Waals surface area contributed by atoms with Crippen LogP contribution in [0, 0.1) is 5.82 Å². The van der Waals surface area contributed by atoms with Crippen LogP contribution in [0.25, 0.3) is 0 Å². The number of nitrogens with two attached hydrogens (primary N) is 1. The number of nitrogen functional groups attached to an aromatic ring is 1. The molecule has 5 heteroatoms. The fourth-order valence-corrected chi connectivity index (χ4v) is 1.86. The number of carbonyl (C=O) groups excluding carboxylic acids is 1. The molecule has 0 saturated heterocycles. The Morgan fingerprint density at radius 3 is 2.50 bits per heavy atom. The summed E-state index contributed by atoms with van der Waals surface area (Å²) in [5, 5.41) is 2.52. The number of hydrogen-bond donors (Lipinski definition) is 2. The van der Waals surface area contributed by atoms with Crippen molar-refractivity contribution in [3.8, 4) is 0 Å². The van der Waals surface area contributed by atoms with Crippen LogP contribution in [0.1, 0.15) is 10.4 Å². The van der Waals surface area contributed by atoms with Gasteiger partial charge in [-0.25, -0.2) is 4.39 Å². The van der Waals surface area contributed by atoms with Gasteiger partial charge in [0.25, 0.3) is 5.91 Å². The van der Waals surface area contributed by atoms with Gasteiger partial charge in [-0.3, -0.25) is 4.79 Å². The molecule has 2 rings (SSSR count). The fraction of sp³-hybridized carbons (Fsp3) is 0.133. The van der Waals surface area contributed by atoms with E-state index in [4.69, 9.17) is 5.73 Å². The molecule has 0 aliphatic heterocycles. The van der Waals surface area contributed by atoms with Crippen molar-refractivity contribution in [3.63, 3.8) is 0 Å². The first kappa shape index (κ1) is 13.9. The van der Waals surface area contributed by atoms with E-state index in [1.807, 2.05) is 19.0 Å². The molecule has 2 aromatic rings.